The van der Waals surface area contributed by atoms with Crippen molar-refractivity contribution in [3.8, 4) is 0 Å². The molecule has 1 aromatic heterocycles. The van der Waals surface area contributed by atoms with E-state index in [1.54, 1.807) is 11.2 Å². The molecule has 3 N–H and O–H groups in total. The average molecular weight is 383 g/mol. The van der Waals surface area contributed by atoms with Crippen LogP contribution in [0.25, 0.3) is 0 Å². The van der Waals surface area contributed by atoms with Crippen LogP contribution in [-0.2, 0) is 6.54 Å². The molecule has 5 heteroatoms. The van der Waals surface area contributed by atoms with Gasteiger partial charge in [-0.1, -0.05) is 26.0 Å². The van der Waals surface area contributed by atoms with Crippen molar-refractivity contribution >= 4 is 11.7 Å². The van der Waals surface area contributed by atoms with E-state index in [2.05, 4.69) is 42.7 Å². The molecule has 28 heavy (non-hydrogen) atoms. The molecular formula is C23H32N3O2+. The van der Waals surface area contributed by atoms with Crippen molar-refractivity contribution in [2.45, 2.75) is 76.5 Å². The van der Waals surface area contributed by atoms with Gasteiger partial charge in [0.05, 0.1) is 18.3 Å². The van der Waals surface area contributed by atoms with Gasteiger partial charge in [0.1, 0.15) is 6.54 Å². The van der Waals surface area contributed by atoms with Crippen molar-refractivity contribution in [3.05, 3.63) is 54.0 Å². The largest absolute Gasteiger partial charge is 0.463 e. The second-order valence-electron chi connectivity index (χ2n) is 8.70. The number of carbonyl (C=O) groups is 1. The van der Waals surface area contributed by atoms with Crippen LogP contribution >= 0.6 is 0 Å². The van der Waals surface area contributed by atoms with E-state index in [1.165, 1.54) is 24.8 Å². The highest BCUT2D eigenvalue weighted by molar-refractivity contribution is 5.89. The van der Waals surface area contributed by atoms with Crippen molar-refractivity contribution in [1.29, 1.82) is 0 Å². The number of hydrogen-bond donors (Lipinski definition) is 3. The topological polar surface area (TPSA) is 58.7 Å². The average Bonchev–Trinajstić information content (AvgIpc) is 3.16. The summed E-state index contributed by atoms with van der Waals surface area (Å²) in [6.45, 7) is 5.31. The molecule has 4 rings (SSSR count). The number of carbonyl (C=O) groups excluding carboxylic acids is 1. The summed E-state index contributed by atoms with van der Waals surface area (Å²) in [5.41, 5.74) is 2.13. The number of benzene rings is 1. The van der Waals surface area contributed by atoms with Crippen LogP contribution in [0.3, 0.4) is 0 Å². The molecule has 150 valence electrons. The Morgan fingerprint density at radius 1 is 1.14 bits per heavy atom. The Labute approximate surface area is 167 Å². The van der Waals surface area contributed by atoms with Crippen molar-refractivity contribution < 1.29 is 14.1 Å². The Bertz CT molecular complexity index is 756. The van der Waals surface area contributed by atoms with E-state index in [0.29, 0.717) is 18.0 Å². The Morgan fingerprint density at radius 2 is 1.86 bits per heavy atom. The molecule has 0 aliphatic carbocycles. The number of fused-ring (bicyclic) bond motifs is 2. The van der Waals surface area contributed by atoms with E-state index in [-0.39, 0.29) is 12.1 Å². The molecular weight excluding hydrogens is 350 g/mol. The zero-order valence-electron chi connectivity index (χ0n) is 16.9. The van der Waals surface area contributed by atoms with Crippen LogP contribution < -0.4 is 15.5 Å². The van der Waals surface area contributed by atoms with Crippen molar-refractivity contribution in [2.24, 2.45) is 0 Å². The summed E-state index contributed by atoms with van der Waals surface area (Å²) in [7, 11) is 0. The van der Waals surface area contributed by atoms with Crippen molar-refractivity contribution in [1.82, 2.24) is 5.32 Å². The molecule has 2 atom stereocenters. The van der Waals surface area contributed by atoms with Gasteiger partial charge in [-0.2, -0.15) is 0 Å². The van der Waals surface area contributed by atoms with E-state index >= 15 is 0 Å². The molecule has 0 spiro atoms. The van der Waals surface area contributed by atoms with Gasteiger partial charge >= 0.3 is 6.03 Å². The molecule has 2 aliphatic rings. The minimum Gasteiger partial charge on any atom is -0.463 e. The van der Waals surface area contributed by atoms with E-state index < -0.39 is 0 Å². The molecule has 0 radical (unpaired) electrons. The summed E-state index contributed by atoms with van der Waals surface area (Å²) in [4.78, 5) is 14.2. The van der Waals surface area contributed by atoms with E-state index in [4.69, 9.17) is 4.42 Å². The second-order valence-corrected chi connectivity index (χ2v) is 8.70. The fourth-order valence-corrected chi connectivity index (χ4v) is 4.96. The first kappa shape index (κ1) is 19.1. The van der Waals surface area contributed by atoms with E-state index in [9.17, 15) is 4.79 Å². The molecule has 3 heterocycles. The molecule has 0 saturated carbocycles. The number of piperidine rings is 2. The van der Waals surface area contributed by atoms with Gasteiger partial charge in [-0.25, -0.2) is 4.79 Å². The predicted molar refractivity (Wildman–Crippen MR) is 111 cm³/mol. The maximum absolute atomic E-state index is 12.5. The minimum absolute atomic E-state index is 0.0881. The van der Waals surface area contributed by atoms with Crippen LogP contribution in [0.15, 0.2) is 47.1 Å². The third-order valence-electron chi connectivity index (χ3n) is 6.42. The fraction of sp³-hybridized carbons (Fsp3) is 0.522. The fourth-order valence-electron chi connectivity index (χ4n) is 4.96. The van der Waals surface area contributed by atoms with Gasteiger partial charge in [-0.3, -0.25) is 0 Å². The Balaban J connectivity index is 1.32. The van der Waals surface area contributed by atoms with E-state index in [0.717, 1.165) is 30.8 Å². The number of nitrogens with one attached hydrogen (secondary N) is 3. The molecule has 2 aromatic rings. The molecule has 1 aromatic carbocycles. The first-order chi connectivity index (χ1) is 13.6. The summed E-state index contributed by atoms with van der Waals surface area (Å²) in [6, 6.07) is 13.6. The highest BCUT2D eigenvalue weighted by atomic mass is 16.3. The summed E-state index contributed by atoms with van der Waals surface area (Å²) < 4.78 is 5.58. The molecule has 2 amide bonds. The maximum atomic E-state index is 12.5. The summed E-state index contributed by atoms with van der Waals surface area (Å²) in [5.74, 6) is 1.57. The summed E-state index contributed by atoms with van der Waals surface area (Å²) >= 11 is 0. The normalized spacial score (nSPS) is 26.8. The minimum atomic E-state index is -0.0881. The van der Waals surface area contributed by atoms with Gasteiger partial charge in [0.25, 0.3) is 0 Å². The molecule has 2 fully saturated rings. The standard InChI is InChI=1S/C23H31N3O2/c1-16(2)17-8-10-18(11-9-17)24-23(27)25-19-13-20-5-3-6-21(14-19)26(20)15-22-7-4-12-28-22/h4,7-12,16,19-21H,3,5-6,13-15H2,1-2H3,(H2,24,25,27)/p+1/t20-,21-/m1/s1. The number of amides is 2. The molecule has 5 nitrogen and oxygen atoms in total. The van der Waals surface area contributed by atoms with Gasteiger partial charge < -0.3 is 20.0 Å². The Hall–Kier alpha value is -2.27. The van der Waals surface area contributed by atoms with Crippen LogP contribution in [-0.4, -0.2) is 24.2 Å². The zero-order valence-corrected chi connectivity index (χ0v) is 16.9. The quantitative estimate of drug-likeness (QED) is 0.739. The lowest BCUT2D eigenvalue weighted by Gasteiger charge is -2.45. The molecule has 2 saturated heterocycles. The Morgan fingerprint density at radius 3 is 2.46 bits per heavy atom. The van der Waals surface area contributed by atoms with Gasteiger partial charge in [0, 0.05) is 24.6 Å². The smallest absolute Gasteiger partial charge is 0.319 e. The summed E-state index contributed by atoms with van der Waals surface area (Å²) in [5, 5.41) is 6.22. The second kappa shape index (κ2) is 8.39. The highest BCUT2D eigenvalue weighted by Gasteiger charge is 2.42. The van der Waals surface area contributed by atoms with Crippen molar-refractivity contribution in [3.63, 3.8) is 0 Å². The molecule has 0 unspecified atom stereocenters. The maximum Gasteiger partial charge on any atom is 0.319 e. The van der Waals surface area contributed by atoms with Gasteiger partial charge in [0.2, 0.25) is 0 Å². The van der Waals surface area contributed by atoms with Gasteiger partial charge in [0.15, 0.2) is 5.76 Å². The highest BCUT2D eigenvalue weighted by Crippen LogP contribution is 2.23. The molecule has 2 aliphatic heterocycles. The number of urea groups is 1. The first-order valence-corrected chi connectivity index (χ1v) is 10.6. The predicted octanol–water partition coefficient (Wildman–Crippen LogP) is 3.69. The van der Waals surface area contributed by atoms with Crippen LogP contribution in [0, 0.1) is 0 Å². The number of quaternary nitrogens is 1. The SMILES string of the molecule is CC(C)c1ccc(NC(=O)NC2C[C@H]3CCC[C@H](C2)[NH+]3Cc2ccco2)cc1. The van der Waals surface area contributed by atoms with Crippen LogP contribution in [0.2, 0.25) is 0 Å². The number of rotatable bonds is 5. The lowest BCUT2D eigenvalue weighted by molar-refractivity contribution is -0.974. The number of hydrogen-bond acceptors (Lipinski definition) is 2. The Kier molecular flexibility index (Phi) is 5.72. The van der Waals surface area contributed by atoms with Crippen LogP contribution in [0.1, 0.15) is 63.2 Å². The third-order valence-corrected chi connectivity index (χ3v) is 6.42. The first-order valence-electron chi connectivity index (χ1n) is 10.6. The van der Waals surface area contributed by atoms with Gasteiger partial charge in [-0.05, 0) is 55.0 Å². The number of furan rings is 1. The van der Waals surface area contributed by atoms with Gasteiger partial charge in [-0.15, -0.1) is 0 Å². The lowest BCUT2D eigenvalue weighted by atomic mass is 9.81. The lowest BCUT2D eigenvalue weighted by Crippen LogP contribution is -3.20. The van der Waals surface area contributed by atoms with Crippen molar-refractivity contribution in [2.75, 3.05) is 5.32 Å². The summed E-state index contributed by atoms with van der Waals surface area (Å²) in [6.07, 6.45) is 7.64. The van der Waals surface area contributed by atoms with E-state index in [1.807, 2.05) is 18.2 Å². The number of anilines is 1. The molecule has 2 bridgehead atoms. The zero-order chi connectivity index (χ0) is 19.5. The third kappa shape index (κ3) is 4.41. The van der Waals surface area contributed by atoms with Crippen LogP contribution in [0.4, 0.5) is 10.5 Å². The van der Waals surface area contributed by atoms with Crippen LogP contribution in [0.5, 0.6) is 0 Å². The monoisotopic (exact) mass is 382 g/mol.